The largest absolute Gasteiger partial charge is 0.406 e. The number of hydrogen-bond donors (Lipinski definition) is 0. The van der Waals surface area contributed by atoms with Crippen LogP contribution in [0, 0.1) is 6.92 Å². The van der Waals surface area contributed by atoms with Crippen LogP contribution in [0.3, 0.4) is 0 Å². The molecule has 0 aliphatic rings. The monoisotopic (exact) mass is 252 g/mol. The summed E-state index contributed by atoms with van der Waals surface area (Å²) in [4.78, 5) is 10.4. The van der Waals surface area contributed by atoms with Crippen molar-refractivity contribution in [3.8, 4) is 0 Å². The Bertz CT molecular complexity index is 688. The normalized spacial score (nSPS) is 12.5. The zero-order chi connectivity index (χ0) is 13.2. The van der Waals surface area contributed by atoms with Crippen LogP contribution in [0.4, 0.5) is 0 Å². The van der Waals surface area contributed by atoms with E-state index in [9.17, 15) is 0 Å². The highest BCUT2D eigenvalue weighted by Crippen LogP contribution is 2.18. The van der Waals surface area contributed by atoms with Gasteiger partial charge in [-0.15, -0.1) is 0 Å². The van der Waals surface area contributed by atoms with Gasteiger partial charge in [0.25, 0.3) is 0 Å². The molecule has 3 rings (SSSR count). The van der Waals surface area contributed by atoms with Gasteiger partial charge in [-0.25, -0.2) is 0 Å². The summed E-state index contributed by atoms with van der Waals surface area (Å²) in [5.41, 5.74) is 4.24. The van der Waals surface area contributed by atoms with E-state index in [2.05, 4.69) is 23.2 Å². The number of hydrogen-bond acceptors (Lipinski definition) is 2. The van der Waals surface area contributed by atoms with E-state index in [1.165, 1.54) is 0 Å². The topological polar surface area (TPSA) is 27.1 Å². The van der Waals surface area contributed by atoms with Crippen LogP contribution in [0.1, 0.15) is 24.2 Å². The summed E-state index contributed by atoms with van der Waals surface area (Å²) in [6, 6.07) is 14.2. The fourth-order valence-corrected chi connectivity index (χ4v) is 2.14. The standard InChI is InChI=1S/C16H16N2O/c1-12-10-16-15(17-11-12)8-9-18(16)19-13(2)14-6-4-3-5-7-14/h3-11,13H,1-2H3. The van der Waals surface area contributed by atoms with E-state index in [-0.39, 0.29) is 6.10 Å². The summed E-state index contributed by atoms with van der Waals surface area (Å²) in [5, 5.41) is 0. The lowest BCUT2D eigenvalue weighted by atomic mass is 10.1. The first-order valence-corrected chi connectivity index (χ1v) is 6.40. The van der Waals surface area contributed by atoms with Gasteiger partial charge in [0.05, 0.1) is 5.52 Å². The molecule has 0 bridgehead atoms. The molecule has 0 saturated heterocycles. The van der Waals surface area contributed by atoms with Crippen molar-refractivity contribution in [2.45, 2.75) is 20.0 Å². The Labute approximate surface area is 112 Å². The van der Waals surface area contributed by atoms with E-state index in [0.717, 1.165) is 22.2 Å². The van der Waals surface area contributed by atoms with Gasteiger partial charge in [0, 0.05) is 12.4 Å². The molecule has 3 aromatic rings. The first-order valence-electron chi connectivity index (χ1n) is 6.40. The molecule has 0 N–H and O–H groups in total. The molecule has 0 radical (unpaired) electrons. The van der Waals surface area contributed by atoms with Gasteiger partial charge in [-0.05, 0) is 37.1 Å². The van der Waals surface area contributed by atoms with Crippen LogP contribution in [0.25, 0.3) is 11.0 Å². The highest BCUT2D eigenvalue weighted by Gasteiger charge is 2.09. The molecule has 0 amide bonds. The summed E-state index contributed by atoms with van der Waals surface area (Å²) >= 11 is 0. The van der Waals surface area contributed by atoms with Crippen LogP contribution in [0.15, 0.2) is 54.9 Å². The molecule has 1 atom stereocenters. The molecule has 3 nitrogen and oxygen atoms in total. The Morgan fingerprint density at radius 2 is 1.95 bits per heavy atom. The fraction of sp³-hybridized carbons (Fsp3) is 0.188. The second-order valence-corrected chi connectivity index (χ2v) is 4.72. The number of rotatable bonds is 3. The number of nitrogens with zero attached hydrogens (tertiary/aromatic N) is 2. The van der Waals surface area contributed by atoms with Crippen LogP contribution in [-0.4, -0.2) is 9.71 Å². The minimum Gasteiger partial charge on any atom is -0.406 e. The number of benzene rings is 1. The smallest absolute Gasteiger partial charge is 0.147 e. The third-order valence-electron chi connectivity index (χ3n) is 3.18. The maximum Gasteiger partial charge on any atom is 0.147 e. The molecule has 1 unspecified atom stereocenters. The van der Waals surface area contributed by atoms with Gasteiger partial charge in [-0.3, -0.25) is 4.98 Å². The van der Waals surface area contributed by atoms with Crippen molar-refractivity contribution < 1.29 is 4.84 Å². The lowest BCUT2D eigenvalue weighted by Gasteiger charge is -2.16. The summed E-state index contributed by atoms with van der Waals surface area (Å²) in [5.74, 6) is 0. The molecular formula is C16H16N2O. The zero-order valence-electron chi connectivity index (χ0n) is 11.1. The van der Waals surface area contributed by atoms with Crippen LogP contribution in [0.2, 0.25) is 0 Å². The average Bonchev–Trinajstić information content (AvgIpc) is 2.82. The molecule has 2 heterocycles. The molecule has 0 saturated carbocycles. The molecule has 3 heteroatoms. The van der Waals surface area contributed by atoms with Crippen molar-refractivity contribution in [2.75, 3.05) is 0 Å². The molecule has 19 heavy (non-hydrogen) atoms. The van der Waals surface area contributed by atoms with Crippen molar-refractivity contribution in [1.82, 2.24) is 9.71 Å². The minimum atomic E-state index is -0.00249. The van der Waals surface area contributed by atoms with Gasteiger partial charge in [0.2, 0.25) is 0 Å². The summed E-state index contributed by atoms with van der Waals surface area (Å²) in [6.07, 6.45) is 3.78. The quantitative estimate of drug-likeness (QED) is 0.713. The number of aromatic nitrogens is 2. The third kappa shape index (κ3) is 2.32. The van der Waals surface area contributed by atoms with Gasteiger partial charge >= 0.3 is 0 Å². The van der Waals surface area contributed by atoms with Crippen molar-refractivity contribution in [2.24, 2.45) is 0 Å². The number of pyridine rings is 1. The Kier molecular flexibility index (Phi) is 2.95. The van der Waals surface area contributed by atoms with Crippen LogP contribution in [0.5, 0.6) is 0 Å². The molecule has 0 spiro atoms. The van der Waals surface area contributed by atoms with Gasteiger partial charge in [0.1, 0.15) is 11.6 Å². The maximum absolute atomic E-state index is 5.99. The van der Waals surface area contributed by atoms with Crippen molar-refractivity contribution >= 4 is 11.0 Å². The Hall–Kier alpha value is -2.29. The van der Waals surface area contributed by atoms with E-state index in [1.54, 1.807) is 4.73 Å². The third-order valence-corrected chi connectivity index (χ3v) is 3.18. The van der Waals surface area contributed by atoms with E-state index in [4.69, 9.17) is 4.84 Å². The molecule has 0 aliphatic carbocycles. The SMILES string of the molecule is Cc1cnc2ccn(OC(C)c3ccccc3)c2c1. The van der Waals surface area contributed by atoms with E-state index < -0.39 is 0 Å². The van der Waals surface area contributed by atoms with Crippen LogP contribution >= 0.6 is 0 Å². The highest BCUT2D eigenvalue weighted by atomic mass is 16.7. The Balaban J connectivity index is 1.91. The first-order chi connectivity index (χ1) is 9.24. The van der Waals surface area contributed by atoms with Crippen LogP contribution < -0.4 is 4.84 Å². The summed E-state index contributed by atoms with van der Waals surface area (Å²) in [6.45, 7) is 4.08. The van der Waals surface area contributed by atoms with Gasteiger partial charge in [0.15, 0.2) is 0 Å². The minimum absolute atomic E-state index is 0.00249. The van der Waals surface area contributed by atoms with E-state index >= 15 is 0 Å². The molecule has 0 aliphatic heterocycles. The zero-order valence-corrected chi connectivity index (χ0v) is 11.1. The Morgan fingerprint density at radius 1 is 1.16 bits per heavy atom. The van der Waals surface area contributed by atoms with Crippen molar-refractivity contribution in [1.29, 1.82) is 0 Å². The Morgan fingerprint density at radius 3 is 2.74 bits per heavy atom. The molecule has 0 fully saturated rings. The second-order valence-electron chi connectivity index (χ2n) is 4.72. The van der Waals surface area contributed by atoms with Crippen molar-refractivity contribution in [3.63, 3.8) is 0 Å². The van der Waals surface area contributed by atoms with E-state index in [0.29, 0.717) is 0 Å². The van der Waals surface area contributed by atoms with Crippen LogP contribution in [-0.2, 0) is 0 Å². The average molecular weight is 252 g/mol. The molecule has 1 aromatic carbocycles. The predicted molar refractivity (Wildman–Crippen MR) is 75.9 cm³/mol. The number of aryl methyl sites for hydroxylation is 1. The summed E-state index contributed by atoms with van der Waals surface area (Å²) < 4.78 is 1.80. The lowest BCUT2D eigenvalue weighted by molar-refractivity contribution is 0.0562. The van der Waals surface area contributed by atoms with E-state index in [1.807, 2.05) is 50.5 Å². The van der Waals surface area contributed by atoms with Gasteiger partial charge < -0.3 is 4.84 Å². The van der Waals surface area contributed by atoms with Crippen molar-refractivity contribution in [3.05, 3.63) is 66.0 Å². The molecule has 96 valence electrons. The summed E-state index contributed by atoms with van der Waals surface area (Å²) in [7, 11) is 0. The highest BCUT2D eigenvalue weighted by molar-refractivity contribution is 5.75. The molecule has 2 aromatic heterocycles. The predicted octanol–water partition coefficient (Wildman–Crippen LogP) is 3.53. The fourth-order valence-electron chi connectivity index (χ4n) is 2.14. The molecular weight excluding hydrogens is 236 g/mol. The maximum atomic E-state index is 5.99. The second kappa shape index (κ2) is 4.76. The number of fused-ring (bicyclic) bond motifs is 1. The van der Waals surface area contributed by atoms with Gasteiger partial charge in [-0.2, -0.15) is 4.73 Å². The lowest BCUT2D eigenvalue weighted by Crippen LogP contribution is -2.14. The van der Waals surface area contributed by atoms with Gasteiger partial charge in [-0.1, -0.05) is 30.3 Å². The first kappa shape index (κ1) is 11.8.